The summed E-state index contributed by atoms with van der Waals surface area (Å²) in [6, 6.07) is 0. The molecule has 0 aromatic carbocycles. The maximum absolute atomic E-state index is 11.6. The van der Waals surface area contributed by atoms with Crippen LogP contribution in [-0.4, -0.2) is 30.8 Å². The van der Waals surface area contributed by atoms with Gasteiger partial charge in [-0.3, -0.25) is 9.59 Å². The normalized spacial score (nSPS) is 12.4. The van der Waals surface area contributed by atoms with Gasteiger partial charge in [-0.2, -0.15) is 0 Å². The first kappa shape index (κ1) is 19.3. The third-order valence-electron chi connectivity index (χ3n) is 1.92. The summed E-state index contributed by atoms with van der Waals surface area (Å²) >= 11 is 15.6. The maximum Gasteiger partial charge on any atom is 0.258 e. The Morgan fingerprint density at radius 2 is 1.50 bits per heavy atom. The third-order valence-corrected chi connectivity index (χ3v) is 3.84. The molecule has 0 aromatic rings. The van der Waals surface area contributed by atoms with Gasteiger partial charge in [-0.15, -0.1) is 0 Å². The van der Waals surface area contributed by atoms with E-state index in [1.165, 1.54) is 0 Å². The van der Waals surface area contributed by atoms with E-state index in [4.69, 9.17) is 0 Å². The van der Waals surface area contributed by atoms with Gasteiger partial charge in [0.25, 0.3) is 5.91 Å². The number of hydrogen-bond donors (Lipinski definition) is 2. The Labute approximate surface area is 148 Å². The first-order valence-electron chi connectivity index (χ1n) is 4.86. The Morgan fingerprint density at radius 1 is 1.06 bits per heavy atom. The van der Waals surface area contributed by atoms with Crippen LogP contribution in [0.15, 0.2) is 0 Å². The molecule has 0 aliphatic heterocycles. The maximum atomic E-state index is 11.6. The van der Waals surface area contributed by atoms with E-state index in [1.54, 1.807) is 0 Å². The topological polar surface area (TPSA) is 58.2 Å². The Hall–Kier alpha value is 1.34. The van der Waals surface area contributed by atoms with E-state index in [2.05, 4.69) is 90.3 Å². The number of halogens is 5. The van der Waals surface area contributed by atoms with Crippen molar-refractivity contribution in [2.45, 2.75) is 19.7 Å². The van der Waals surface area contributed by atoms with Crippen molar-refractivity contribution in [2.75, 3.05) is 13.1 Å². The molecule has 0 saturated heterocycles. The lowest BCUT2D eigenvalue weighted by Crippen LogP contribution is -2.45. The number of carbonyl (C=O) groups is 2. The highest BCUT2D eigenvalue weighted by Crippen LogP contribution is 2.33. The zero-order valence-electron chi connectivity index (χ0n) is 9.70. The number of nitrogens with one attached hydrogen (secondary N) is 2. The molecule has 0 saturated carbocycles. The highest BCUT2D eigenvalue weighted by Gasteiger charge is 2.30. The van der Waals surface area contributed by atoms with Gasteiger partial charge in [-0.1, -0.05) is 45.7 Å². The molecule has 0 aromatic heterocycles. The van der Waals surface area contributed by atoms with Crippen LogP contribution in [0.5, 0.6) is 0 Å². The van der Waals surface area contributed by atoms with Gasteiger partial charge in [0.2, 0.25) is 8.05 Å². The fraction of sp³-hybridized carbons (Fsp3) is 0.778. The Bertz CT molecular complexity index is 315. The van der Waals surface area contributed by atoms with Crippen LogP contribution in [0.4, 0.5) is 0 Å². The van der Waals surface area contributed by atoms with Crippen molar-refractivity contribution < 1.29 is 9.59 Å². The molecule has 0 spiro atoms. The fourth-order valence-corrected chi connectivity index (χ4v) is 1.63. The highest BCUT2D eigenvalue weighted by atomic mass is 80.0. The van der Waals surface area contributed by atoms with Gasteiger partial charge in [-0.25, -0.2) is 0 Å². The van der Waals surface area contributed by atoms with Crippen molar-refractivity contribution in [1.29, 1.82) is 0 Å². The van der Waals surface area contributed by atoms with Crippen LogP contribution in [0.25, 0.3) is 0 Å². The molecule has 0 heterocycles. The van der Waals surface area contributed by atoms with Crippen molar-refractivity contribution >= 4 is 91.5 Å². The Kier molecular flexibility index (Phi) is 8.54. The van der Waals surface area contributed by atoms with Crippen LogP contribution in [0, 0.1) is 5.41 Å². The van der Waals surface area contributed by atoms with Crippen LogP contribution < -0.4 is 10.6 Å². The standard InChI is InChI=1S/C9H13Br5N2O2/c1-8(2,3-15-6(17)5(10)11)4-16-7(18)9(12,13)14/h5H,3-4H2,1-2H3,(H,15,17)(H,16,18). The second-order valence-corrected chi connectivity index (χ2v) is 14.2. The average molecular weight is 581 g/mol. The number of rotatable bonds is 5. The fourth-order valence-electron chi connectivity index (χ4n) is 0.886. The molecular formula is C9H13Br5N2O2. The number of carbonyl (C=O) groups excluding carboxylic acids is 2. The second kappa shape index (κ2) is 7.95. The van der Waals surface area contributed by atoms with Crippen molar-refractivity contribution in [3.05, 3.63) is 0 Å². The molecule has 4 nitrogen and oxygen atoms in total. The minimum atomic E-state index is -0.955. The summed E-state index contributed by atoms with van der Waals surface area (Å²) in [6.07, 6.45) is 0. The van der Waals surface area contributed by atoms with E-state index in [-0.39, 0.29) is 17.2 Å². The molecule has 0 bridgehead atoms. The molecule has 0 radical (unpaired) electrons. The molecule has 9 heteroatoms. The summed E-state index contributed by atoms with van der Waals surface area (Å²) in [5.74, 6) is -0.383. The van der Waals surface area contributed by atoms with Gasteiger partial charge in [0.15, 0.2) is 0 Å². The lowest BCUT2D eigenvalue weighted by molar-refractivity contribution is -0.119. The molecule has 0 atom stereocenters. The van der Waals surface area contributed by atoms with Gasteiger partial charge >= 0.3 is 0 Å². The van der Waals surface area contributed by atoms with E-state index in [1.807, 2.05) is 13.8 Å². The van der Waals surface area contributed by atoms with E-state index >= 15 is 0 Å². The van der Waals surface area contributed by atoms with Crippen molar-refractivity contribution in [1.82, 2.24) is 10.6 Å². The first-order chi connectivity index (χ1) is 7.96. The largest absolute Gasteiger partial charge is 0.354 e. The lowest BCUT2D eigenvalue weighted by atomic mass is 9.93. The van der Waals surface area contributed by atoms with Gasteiger partial charge in [-0.05, 0) is 53.2 Å². The zero-order valence-corrected chi connectivity index (χ0v) is 17.6. The molecule has 0 rings (SSSR count). The average Bonchev–Trinajstić information content (AvgIpc) is 2.21. The predicted molar refractivity (Wildman–Crippen MR) is 91.0 cm³/mol. The quantitative estimate of drug-likeness (QED) is 0.491. The van der Waals surface area contributed by atoms with Crippen molar-refractivity contribution in [3.8, 4) is 0 Å². The summed E-state index contributed by atoms with van der Waals surface area (Å²) in [5.41, 5.74) is -0.252. The van der Waals surface area contributed by atoms with Crippen molar-refractivity contribution in [3.63, 3.8) is 0 Å². The number of hydrogen-bond acceptors (Lipinski definition) is 2. The van der Waals surface area contributed by atoms with Crippen LogP contribution in [-0.2, 0) is 9.59 Å². The van der Waals surface area contributed by atoms with Crippen molar-refractivity contribution in [2.24, 2.45) is 5.41 Å². The van der Waals surface area contributed by atoms with E-state index < -0.39 is 5.88 Å². The smallest absolute Gasteiger partial charge is 0.258 e. The van der Waals surface area contributed by atoms with E-state index in [0.29, 0.717) is 13.1 Å². The molecule has 2 amide bonds. The molecule has 106 valence electrons. The minimum Gasteiger partial charge on any atom is -0.354 e. The predicted octanol–water partition coefficient (Wildman–Crippen LogP) is 3.20. The van der Waals surface area contributed by atoms with E-state index in [0.717, 1.165) is 0 Å². The minimum absolute atomic E-state index is 0.148. The van der Waals surface area contributed by atoms with Gasteiger partial charge in [0, 0.05) is 13.1 Å². The first-order valence-corrected chi connectivity index (χ1v) is 9.07. The van der Waals surface area contributed by atoms with E-state index in [9.17, 15) is 9.59 Å². The summed E-state index contributed by atoms with van der Waals surface area (Å²) in [6.45, 7) is 4.79. The Balaban J connectivity index is 4.17. The summed E-state index contributed by atoms with van der Waals surface area (Å²) in [4.78, 5) is 23.0. The number of alkyl halides is 5. The van der Waals surface area contributed by atoms with Crippen LogP contribution in [0.3, 0.4) is 0 Å². The lowest BCUT2D eigenvalue weighted by Gasteiger charge is -2.26. The second-order valence-electron chi connectivity index (χ2n) is 4.36. The van der Waals surface area contributed by atoms with Gasteiger partial charge < -0.3 is 10.6 Å². The molecule has 2 N–H and O–H groups in total. The molecule has 0 aliphatic rings. The summed E-state index contributed by atoms with van der Waals surface area (Å²) in [7, 11) is 0. The Morgan fingerprint density at radius 3 is 1.89 bits per heavy atom. The number of amides is 2. The van der Waals surface area contributed by atoms with Crippen LogP contribution >= 0.6 is 79.6 Å². The highest BCUT2D eigenvalue weighted by molar-refractivity contribution is 9.40. The zero-order chi connectivity index (χ0) is 14.6. The van der Waals surface area contributed by atoms with Crippen LogP contribution in [0.2, 0.25) is 0 Å². The summed E-state index contributed by atoms with van der Waals surface area (Å²) < 4.78 is -1.36. The third kappa shape index (κ3) is 8.50. The molecular weight excluding hydrogens is 568 g/mol. The molecule has 0 unspecified atom stereocenters. The molecule has 0 fully saturated rings. The monoisotopic (exact) mass is 576 g/mol. The van der Waals surface area contributed by atoms with Gasteiger partial charge in [0.1, 0.15) is 3.74 Å². The molecule has 18 heavy (non-hydrogen) atoms. The van der Waals surface area contributed by atoms with Gasteiger partial charge in [0.05, 0.1) is 0 Å². The van der Waals surface area contributed by atoms with Crippen LogP contribution in [0.1, 0.15) is 13.8 Å². The SMILES string of the molecule is CC(C)(CNC(=O)C(Br)Br)CNC(=O)C(Br)(Br)Br. The summed E-state index contributed by atoms with van der Waals surface area (Å²) in [5, 5.41) is 5.53. The molecule has 0 aliphatic carbocycles.